The highest BCUT2D eigenvalue weighted by Crippen LogP contribution is 2.27. The van der Waals surface area contributed by atoms with Gasteiger partial charge in [0.25, 0.3) is 0 Å². The molecule has 0 fully saturated rings. The van der Waals surface area contributed by atoms with Crippen molar-refractivity contribution in [3.8, 4) is 11.5 Å². The van der Waals surface area contributed by atoms with E-state index >= 15 is 0 Å². The highest BCUT2D eigenvalue weighted by Gasteiger charge is 2.05. The van der Waals surface area contributed by atoms with Crippen LogP contribution in [0, 0.1) is 0 Å². The number of hydrogen-bond acceptors (Lipinski definition) is 5. The first-order valence-corrected chi connectivity index (χ1v) is 6.43. The van der Waals surface area contributed by atoms with Crippen molar-refractivity contribution in [2.24, 2.45) is 0 Å². The lowest BCUT2D eigenvalue weighted by Crippen LogP contribution is -2.13. The van der Waals surface area contributed by atoms with E-state index in [1.165, 1.54) is 0 Å². The third kappa shape index (κ3) is 3.97. The van der Waals surface area contributed by atoms with Gasteiger partial charge in [-0.05, 0) is 23.8 Å². The molecule has 1 aromatic heterocycles. The van der Waals surface area contributed by atoms with E-state index in [1.54, 1.807) is 13.3 Å². The molecule has 0 amide bonds. The molecule has 0 atom stereocenters. The predicted octanol–water partition coefficient (Wildman–Crippen LogP) is 1.08. The topological polar surface area (TPSA) is 79.4 Å². The van der Waals surface area contributed by atoms with Crippen molar-refractivity contribution in [3.05, 3.63) is 41.7 Å². The third-order valence-electron chi connectivity index (χ3n) is 2.78. The summed E-state index contributed by atoms with van der Waals surface area (Å²) in [6.07, 6.45) is 1.73. The Morgan fingerprint density at radius 2 is 2.15 bits per heavy atom. The minimum atomic E-state index is -0.0172. The Kier molecular flexibility index (Phi) is 5.40. The van der Waals surface area contributed by atoms with E-state index in [0.29, 0.717) is 11.5 Å². The van der Waals surface area contributed by atoms with Gasteiger partial charge >= 0.3 is 0 Å². The number of benzene rings is 1. The summed E-state index contributed by atoms with van der Waals surface area (Å²) in [5.41, 5.74) is 2.14. The van der Waals surface area contributed by atoms with Crippen molar-refractivity contribution in [2.75, 3.05) is 20.3 Å². The molecule has 0 bridgehead atoms. The average Bonchev–Trinajstić information content (AvgIpc) is 2.99. The van der Waals surface area contributed by atoms with Crippen LogP contribution in [0.25, 0.3) is 0 Å². The number of rotatable bonds is 8. The number of aliphatic hydroxyl groups excluding tert-OH is 1. The van der Waals surface area contributed by atoms with Crippen LogP contribution in [0.15, 0.2) is 30.5 Å². The number of aromatic nitrogens is 2. The third-order valence-corrected chi connectivity index (χ3v) is 2.78. The quantitative estimate of drug-likeness (QED) is 0.673. The molecule has 0 aliphatic carbocycles. The minimum absolute atomic E-state index is 0.0172. The summed E-state index contributed by atoms with van der Waals surface area (Å²) in [5, 5.41) is 18.9. The van der Waals surface area contributed by atoms with Gasteiger partial charge < -0.3 is 19.9 Å². The molecule has 0 saturated heterocycles. The van der Waals surface area contributed by atoms with E-state index in [9.17, 15) is 0 Å². The molecule has 20 heavy (non-hydrogen) atoms. The van der Waals surface area contributed by atoms with E-state index in [4.69, 9.17) is 14.6 Å². The lowest BCUT2D eigenvalue weighted by molar-refractivity contribution is 0.196. The molecule has 0 spiro atoms. The van der Waals surface area contributed by atoms with E-state index in [1.807, 2.05) is 24.3 Å². The first-order chi connectivity index (χ1) is 9.83. The van der Waals surface area contributed by atoms with Gasteiger partial charge in [0.1, 0.15) is 6.61 Å². The zero-order valence-electron chi connectivity index (χ0n) is 11.4. The van der Waals surface area contributed by atoms with Crippen LogP contribution in [-0.2, 0) is 13.1 Å². The molecule has 0 saturated carbocycles. The van der Waals surface area contributed by atoms with Crippen molar-refractivity contribution in [1.29, 1.82) is 0 Å². The van der Waals surface area contributed by atoms with Crippen LogP contribution in [0.5, 0.6) is 11.5 Å². The summed E-state index contributed by atoms with van der Waals surface area (Å²) in [6.45, 7) is 1.69. The van der Waals surface area contributed by atoms with Crippen LogP contribution in [0.1, 0.15) is 11.3 Å². The van der Waals surface area contributed by atoms with Gasteiger partial charge in [0.2, 0.25) is 0 Å². The molecule has 6 nitrogen and oxygen atoms in total. The Labute approximate surface area is 117 Å². The fourth-order valence-electron chi connectivity index (χ4n) is 1.82. The molecular formula is C14H19N3O3. The average molecular weight is 277 g/mol. The van der Waals surface area contributed by atoms with Crippen LogP contribution in [-0.4, -0.2) is 35.6 Å². The molecule has 0 unspecified atom stereocenters. The van der Waals surface area contributed by atoms with E-state index in [2.05, 4.69) is 15.5 Å². The van der Waals surface area contributed by atoms with Gasteiger partial charge in [0.15, 0.2) is 11.5 Å². The first kappa shape index (κ1) is 14.4. The normalized spacial score (nSPS) is 10.5. The van der Waals surface area contributed by atoms with Gasteiger partial charge in [-0.25, -0.2) is 0 Å². The van der Waals surface area contributed by atoms with E-state index in [0.717, 1.165) is 24.3 Å². The number of methoxy groups -OCH3 is 1. The molecule has 0 radical (unpaired) electrons. The van der Waals surface area contributed by atoms with Crippen LogP contribution in [0.2, 0.25) is 0 Å². The fourth-order valence-corrected chi connectivity index (χ4v) is 1.82. The van der Waals surface area contributed by atoms with Crippen molar-refractivity contribution in [1.82, 2.24) is 15.5 Å². The molecule has 1 heterocycles. The summed E-state index contributed by atoms with van der Waals surface area (Å²) >= 11 is 0. The standard InChI is InChI=1S/C14H19N3O3/c1-19-14-8-11(2-3-13(14)20-7-6-18)9-15-10-12-4-5-16-17-12/h2-5,8,15,18H,6-7,9-10H2,1H3,(H,16,17). The Hall–Kier alpha value is -2.05. The molecule has 3 N–H and O–H groups in total. The van der Waals surface area contributed by atoms with Gasteiger partial charge in [-0.2, -0.15) is 5.10 Å². The Morgan fingerprint density at radius 3 is 2.85 bits per heavy atom. The summed E-state index contributed by atoms with van der Waals surface area (Å²) in [7, 11) is 1.60. The predicted molar refractivity (Wildman–Crippen MR) is 74.7 cm³/mol. The number of aliphatic hydroxyl groups is 1. The Balaban J connectivity index is 1.91. The number of aromatic amines is 1. The summed E-state index contributed by atoms with van der Waals surface area (Å²) in [4.78, 5) is 0. The van der Waals surface area contributed by atoms with Gasteiger partial charge in [-0.1, -0.05) is 6.07 Å². The van der Waals surface area contributed by atoms with Crippen LogP contribution >= 0.6 is 0 Å². The van der Waals surface area contributed by atoms with Crippen molar-refractivity contribution in [3.63, 3.8) is 0 Å². The van der Waals surface area contributed by atoms with E-state index in [-0.39, 0.29) is 13.2 Å². The number of hydrogen-bond donors (Lipinski definition) is 3. The molecule has 1 aromatic carbocycles. The van der Waals surface area contributed by atoms with Gasteiger partial charge in [0.05, 0.1) is 13.7 Å². The lowest BCUT2D eigenvalue weighted by Gasteiger charge is -2.11. The number of ether oxygens (including phenoxy) is 2. The van der Waals surface area contributed by atoms with Crippen LogP contribution < -0.4 is 14.8 Å². The molecule has 2 aromatic rings. The number of nitrogens with one attached hydrogen (secondary N) is 2. The van der Waals surface area contributed by atoms with E-state index < -0.39 is 0 Å². The molecular weight excluding hydrogens is 258 g/mol. The largest absolute Gasteiger partial charge is 0.493 e. The highest BCUT2D eigenvalue weighted by molar-refractivity contribution is 5.42. The lowest BCUT2D eigenvalue weighted by atomic mass is 10.2. The van der Waals surface area contributed by atoms with Crippen LogP contribution in [0.3, 0.4) is 0 Å². The van der Waals surface area contributed by atoms with Gasteiger partial charge in [0, 0.05) is 25.0 Å². The highest BCUT2D eigenvalue weighted by atomic mass is 16.5. The number of nitrogens with zero attached hydrogens (tertiary/aromatic N) is 1. The zero-order valence-corrected chi connectivity index (χ0v) is 11.4. The second-order valence-corrected chi connectivity index (χ2v) is 4.24. The smallest absolute Gasteiger partial charge is 0.161 e. The first-order valence-electron chi connectivity index (χ1n) is 6.43. The number of H-pyrrole nitrogens is 1. The maximum Gasteiger partial charge on any atom is 0.161 e. The minimum Gasteiger partial charge on any atom is -0.493 e. The van der Waals surface area contributed by atoms with Crippen molar-refractivity contribution < 1.29 is 14.6 Å². The summed E-state index contributed by atoms with van der Waals surface area (Å²) < 4.78 is 10.7. The fraction of sp³-hybridized carbons (Fsp3) is 0.357. The molecule has 0 aliphatic heterocycles. The second kappa shape index (κ2) is 7.52. The Bertz CT molecular complexity index is 514. The van der Waals surface area contributed by atoms with Crippen molar-refractivity contribution in [2.45, 2.75) is 13.1 Å². The molecule has 108 valence electrons. The Morgan fingerprint density at radius 1 is 1.25 bits per heavy atom. The second-order valence-electron chi connectivity index (χ2n) is 4.24. The zero-order chi connectivity index (χ0) is 14.2. The maximum absolute atomic E-state index is 8.77. The van der Waals surface area contributed by atoms with Gasteiger partial charge in [-0.3, -0.25) is 5.10 Å². The van der Waals surface area contributed by atoms with Crippen LogP contribution in [0.4, 0.5) is 0 Å². The van der Waals surface area contributed by atoms with Gasteiger partial charge in [-0.15, -0.1) is 0 Å². The summed E-state index contributed by atoms with van der Waals surface area (Å²) in [6, 6.07) is 7.67. The van der Waals surface area contributed by atoms with Crippen molar-refractivity contribution >= 4 is 0 Å². The molecule has 0 aliphatic rings. The monoisotopic (exact) mass is 277 g/mol. The SMILES string of the molecule is COc1cc(CNCc2ccn[nH]2)ccc1OCCO. The molecule has 2 rings (SSSR count). The summed E-state index contributed by atoms with van der Waals surface area (Å²) in [5.74, 6) is 1.30. The maximum atomic E-state index is 8.77. The molecule has 6 heteroatoms.